The second-order valence-electron chi connectivity index (χ2n) is 3.69. The van der Waals surface area contributed by atoms with Gasteiger partial charge in [-0.15, -0.1) is 6.42 Å². The zero-order valence-corrected chi connectivity index (χ0v) is 10.2. The Hall–Kier alpha value is -1.31. The normalized spacial score (nSPS) is 13.1. The quantitative estimate of drug-likeness (QED) is 0.800. The van der Waals surface area contributed by atoms with Gasteiger partial charge in [-0.2, -0.15) is 0 Å². The lowest BCUT2D eigenvalue weighted by atomic mass is 10.2. The van der Waals surface area contributed by atoms with E-state index in [0.29, 0.717) is 11.4 Å². The molecule has 16 heavy (non-hydrogen) atoms. The van der Waals surface area contributed by atoms with Crippen LogP contribution in [0, 0.1) is 12.3 Å². The van der Waals surface area contributed by atoms with Gasteiger partial charge in [0.2, 0.25) is 0 Å². The van der Waals surface area contributed by atoms with Crippen LogP contribution in [0.5, 0.6) is 0 Å². The van der Waals surface area contributed by atoms with Crippen LogP contribution in [0.1, 0.15) is 12.5 Å². The van der Waals surface area contributed by atoms with Crippen molar-refractivity contribution in [2.24, 2.45) is 0 Å². The monoisotopic (exact) mass is 237 g/mol. The summed E-state index contributed by atoms with van der Waals surface area (Å²) in [6.07, 6.45) is 6.42. The van der Waals surface area contributed by atoms with Crippen molar-refractivity contribution in [3.8, 4) is 12.3 Å². The molecule has 4 heteroatoms. The average molecular weight is 237 g/mol. The van der Waals surface area contributed by atoms with Crippen LogP contribution >= 0.6 is 0 Å². The van der Waals surface area contributed by atoms with Crippen molar-refractivity contribution in [1.29, 1.82) is 0 Å². The van der Waals surface area contributed by atoms with Crippen molar-refractivity contribution in [3.63, 3.8) is 0 Å². The zero-order valence-electron chi connectivity index (χ0n) is 9.40. The summed E-state index contributed by atoms with van der Waals surface area (Å²) in [7, 11) is -3.11. The Balaban J connectivity index is 2.70. The number of hydrogen-bond donors (Lipinski definition) is 1. The van der Waals surface area contributed by atoms with Gasteiger partial charge in [0.15, 0.2) is 9.84 Å². The van der Waals surface area contributed by atoms with Crippen LogP contribution in [0.15, 0.2) is 29.2 Å². The van der Waals surface area contributed by atoms with E-state index in [1.165, 1.54) is 6.26 Å². The lowest BCUT2D eigenvalue weighted by Gasteiger charge is -2.07. The highest BCUT2D eigenvalue weighted by Crippen LogP contribution is 2.10. The minimum atomic E-state index is -3.11. The van der Waals surface area contributed by atoms with Crippen LogP contribution < -0.4 is 5.32 Å². The SMILES string of the molecule is C#CC(C)NCc1ccc(S(C)(=O)=O)cc1. The van der Waals surface area contributed by atoms with Gasteiger partial charge < -0.3 is 0 Å². The van der Waals surface area contributed by atoms with E-state index in [-0.39, 0.29) is 6.04 Å². The van der Waals surface area contributed by atoms with Crippen LogP contribution in [0.2, 0.25) is 0 Å². The number of sulfone groups is 1. The largest absolute Gasteiger partial charge is 0.300 e. The molecule has 1 aromatic rings. The van der Waals surface area contributed by atoms with Crippen molar-refractivity contribution in [2.75, 3.05) is 6.26 Å². The van der Waals surface area contributed by atoms with Crippen molar-refractivity contribution < 1.29 is 8.42 Å². The van der Waals surface area contributed by atoms with E-state index in [2.05, 4.69) is 11.2 Å². The first-order valence-corrected chi connectivity index (χ1v) is 6.81. The van der Waals surface area contributed by atoms with Crippen LogP contribution in [-0.4, -0.2) is 20.7 Å². The number of terminal acetylenes is 1. The third-order valence-electron chi connectivity index (χ3n) is 2.21. The predicted octanol–water partition coefficient (Wildman–Crippen LogP) is 1.20. The maximum Gasteiger partial charge on any atom is 0.175 e. The molecule has 0 aliphatic carbocycles. The third-order valence-corrected chi connectivity index (χ3v) is 3.34. The summed E-state index contributed by atoms with van der Waals surface area (Å²) < 4.78 is 22.4. The van der Waals surface area contributed by atoms with E-state index in [1.807, 2.05) is 6.92 Å². The summed E-state index contributed by atoms with van der Waals surface area (Å²) in [6, 6.07) is 6.79. The first-order chi connectivity index (χ1) is 7.43. The highest BCUT2D eigenvalue weighted by Gasteiger charge is 2.06. The maximum absolute atomic E-state index is 11.2. The van der Waals surface area contributed by atoms with Crippen molar-refractivity contribution in [1.82, 2.24) is 5.32 Å². The van der Waals surface area contributed by atoms with Crippen LogP contribution in [-0.2, 0) is 16.4 Å². The number of rotatable bonds is 4. The smallest absolute Gasteiger partial charge is 0.175 e. The van der Waals surface area contributed by atoms with Gasteiger partial charge in [0.1, 0.15) is 0 Å². The summed E-state index contributed by atoms with van der Waals surface area (Å²) >= 11 is 0. The molecule has 0 saturated carbocycles. The minimum Gasteiger partial charge on any atom is -0.300 e. The van der Waals surface area contributed by atoms with E-state index >= 15 is 0 Å². The topological polar surface area (TPSA) is 46.2 Å². The molecule has 0 saturated heterocycles. The van der Waals surface area contributed by atoms with Crippen molar-refractivity contribution in [2.45, 2.75) is 24.4 Å². The Morgan fingerprint density at radius 2 is 1.94 bits per heavy atom. The Bertz CT molecular complexity index is 483. The minimum absolute atomic E-state index is 0.00887. The Morgan fingerprint density at radius 3 is 2.38 bits per heavy atom. The van der Waals surface area contributed by atoms with Gasteiger partial charge in [-0.3, -0.25) is 5.32 Å². The molecule has 0 bridgehead atoms. The molecule has 0 heterocycles. The fraction of sp³-hybridized carbons (Fsp3) is 0.333. The van der Waals surface area contributed by atoms with Gasteiger partial charge in [0.05, 0.1) is 10.9 Å². The lowest BCUT2D eigenvalue weighted by Crippen LogP contribution is -2.23. The summed E-state index contributed by atoms with van der Waals surface area (Å²) in [4.78, 5) is 0.334. The molecule has 86 valence electrons. The van der Waals surface area contributed by atoms with Gasteiger partial charge in [-0.1, -0.05) is 18.1 Å². The summed E-state index contributed by atoms with van der Waals surface area (Å²) in [5.41, 5.74) is 1.01. The van der Waals surface area contributed by atoms with Crippen LogP contribution in [0.4, 0.5) is 0 Å². The van der Waals surface area contributed by atoms with E-state index in [1.54, 1.807) is 24.3 Å². The average Bonchev–Trinajstić information content (AvgIpc) is 2.25. The molecule has 1 N–H and O–H groups in total. The zero-order chi connectivity index (χ0) is 12.2. The second kappa shape index (κ2) is 5.15. The molecule has 3 nitrogen and oxygen atoms in total. The van der Waals surface area contributed by atoms with E-state index in [4.69, 9.17) is 6.42 Å². The molecule has 0 radical (unpaired) electrons. The molecule has 0 amide bonds. The molecular formula is C12H15NO2S. The molecule has 1 aromatic carbocycles. The fourth-order valence-corrected chi connectivity index (χ4v) is 1.81. The molecule has 0 aliphatic heterocycles. The highest BCUT2D eigenvalue weighted by atomic mass is 32.2. The molecule has 1 unspecified atom stereocenters. The van der Waals surface area contributed by atoms with E-state index < -0.39 is 9.84 Å². The first kappa shape index (κ1) is 12.8. The molecule has 0 spiro atoms. The summed E-state index contributed by atoms with van der Waals surface area (Å²) in [5.74, 6) is 2.56. The Kier molecular flexibility index (Phi) is 4.11. The summed E-state index contributed by atoms with van der Waals surface area (Å²) in [6.45, 7) is 2.53. The first-order valence-electron chi connectivity index (χ1n) is 4.92. The van der Waals surface area contributed by atoms with Gasteiger partial charge in [-0.05, 0) is 24.6 Å². The second-order valence-corrected chi connectivity index (χ2v) is 5.70. The standard InChI is InChI=1S/C12H15NO2S/c1-4-10(2)13-9-11-5-7-12(8-6-11)16(3,14)15/h1,5-8,10,13H,9H2,2-3H3. The van der Waals surface area contributed by atoms with E-state index in [0.717, 1.165) is 5.56 Å². The predicted molar refractivity (Wildman–Crippen MR) is 64.7 cm³/mol. The Morgan fingerprint density at radius 1 is 1.38 bits per heavy atom. The van der Waals surface area contributed by atoms with Crippen LogP contribution in [0.3, 0.4) is 0 Å². The van der Waals surface area contributed by atoms with Crippen molar-refractivity contribution >= 4 is 9.84 Å². The number of hydrogen-bond acceptors (Lipinski definition) is 3. The number of nitrogens with one attached hydrogen (secondary N) is 1. The third kappa shape index (κ3) is 3.69. The molecule has 1 rings (SSSR count). The molecule has 0 fully saturated rings. The highest BCUT2D eigenvalue weighted by molar-refractivity contribution is 7.90. The van der Waals surface area contributed by atoms with Gasteiger partial charge >= 0.3 is 0 Å². The lowest BCUT2D eigenvalue weighted by molar-refractivity contribution is 0.601. The molecular weight excluding hydrogens is 222 g/mol. The molecule has 1 atom stereocenters. The Labute approximate surface area is 96.8 Å². The van der Waals surface area contributed by atoms with Gasteiger partial charge in [0, 0.05) is 12.8 Å². The van der Waals surface area contributed by atoms with Crippen molar-refractivity contribution in [3.05, 3.63) is 29.8 Å². The number of benzene rings is 1. The fourth-order valence-electron chi connectivity index (χ4n) is 1.18. The van der Waals surface area contributed by atoms with E-state index in [9.17, 15) is 8.42 Å². The molecule has 0 aliphatic rings. The summed E-state index contributed by atoms with van der Waals surface area (Å²) in [5, 5.41) is 3.12. The van der Waals surface area contributed by atoms with Crippen LogP contribution in [0.25, 0.3) is 0 Å². The van der Waals surface area contributed by atoms with Gasteiger partial charge in [-0.25, -0.2) is 8.42 Å². The molecule has 0 aromatic heterocycles. The van der Waals surface area contributed by atoms with Gasteiger partial charge in [0.25, 0.3) is 0 Å². The maximum atomic E-state index is 11.2.